The van der Waals surface area contributed by atoms with Crippen LogP contribution in [0, 0.1) is 5.92 Å². The number of nitrogens with zero attached hydrogens (tertiary/aromatic N) is 2. The van der Waals surface area contributed by atoms with E-state index in [0.717, 1.165) is 32.2 Å². The first kappa shape index (κ1) is 14.7. The van der Waals surface area contributed by atoms with Gasteiger partial charge in [0.2, 0.25) is 0 Å². The Hall–Kier alpha value is -0.360. The fourth-order valence-electron chi connectivity index (χ4n) is 2.10. The maximum atomic E-state index is 5.61. The van der Waals surface area contributed by atoms with Crippen molar-refractivity contribution < 1.29 is 4.74 Å². The van der Waals surface area contributed by atoms with Gasteiger partial charge in [0.05, 0.1) is 0 Å². The summed E-state index contributed by atoms with van der Waals surface area (Å²) in [6, 6.07) is 0. The molecule has 0 aromatic carbocycles. The van der Waals surface area contributed by atoms with Gasteiger partial charge < -0.3 is 15.4 Å². The largest absolute Gasteiger partial charge is 0.381 e. The van der Waals surface area contributed by atoms with Gasteiger partial charge in [0.1, 0.15) is 0 Å². The van der Waals surface area contributed by atoms with Gasteiger partial charge in [-0.2, -0.15) is 0 Å². The van der Waals surface area contributed by atoms with E-state index in [9.17, 15) is 0 Å². The number of hydrogen-bond acceptors (Lipinski definition) is 5. The van der Waals surface area contributed by atoms with E-state index in [4.69, 9.17) is 10.5 Å². The zero-order valence-corrected chi connectivity index (χ0v) is 11.7. The number of hydrogen-bond donors (Lipinski definition) is 1. The Morgan fingerprint density at radius 2 is 2.24 bits per heavy atom. The van der Waals surface area contributed by atoms with E-state index in [0.29, 0.717) is 5.13 Å². The first-order valence-electron chi connectivity index (χ1n) is 5.70. The first-order valence-corrected chi connectivity index (χ1v) is 6.52. The van der Waals surface area contributed by atoms with E-state index in [1.165, 1.54) is 17.7 Å². The Labute approximate surface area is 113 Å². The standard InChI is InChI=1S/C11H19N3OS.ClH/c1-14(7-9-2-4-15-5-3-9)8-10-6-13-11(12)16-10;/h6,9H,2-5,7-8H2,1H3,(H2,12,13);1H. The SMILES string of the molecule is CN(Cc1cnc(N)s1)CC1CCOCC1.Cl. The van der Waals surface area contributed by atoms with Crippen molar-refractivity contribution in [3.63, 3.8) is 0 Å². The maximum Gasteiger partial charge on any atom is 0.180 e. The molecular formula is C11H20ClN3OS. The van der Waals surface area contributed by atoms with Gasteiger partial charge in [-0.05, 0) is 25.8 Å². The molecule has 0 spiro atoms. The van der Waals surface area contributed by atoms with Crippen molar-refractivity contribution in [2.45, 2.75) is 19.4 Å². The summed E-state index contributed by atoms with van der Waals surface area (Å²) < 4.78 is 5.36. The second-order valence-electron chi connectivity index (χ2n) is 4.42. The van der Waals surface area contributed by atoms with Crippen LogP contribution in [0.4, 0.5) is 5.13 Å². The normalized spacial score (nSPS) is 17.1. The lowest BCUT2D eigenvalue weighted by atomic mass is 10.00. The number of rotatable bonds is 4. The van der Waals surface area contributed by atoms with Gasteiger partial charge in [0, 0.05) is 37.4 Å². The zero-order chi connectivity index (χ0) is 11.4. The zero-order valence-electron chi connectivity index (χ0n) is 10.1. The molecule has 0 bridgehead atoms. The van der Waals surface area contributed by atoms with Gasteiger partial charge in [-0.15, -0.1) is 23.7 Å². The summed E-state index contributed by atoms with van der Waals surface area (Å²) in [4.78, 5) is 7.66. The van der Waals surface area contributed by atoms with Crippen molar-refractivity contribution in [1.82, 2.24) is 9.88 Å². The lowest BCUT2D eigenvalue weighted by molar-refractivity contribution is 0.0550. The van der Waals surface area contributed by atoms with Crippen LogP contribution >= 0.6 is 23.7 Å². The maximum absolute atomic E-state index is 5.61. The van der Waals surface area contributed by atoms with Crippen molar-refractivity contribution in [2.24, 2.45) is 5.92 Å². The monoisotopic (exact) mass is 277 g/mol. The molecule has 6 heteroatoms. The molecular weight excluding hydrogens is 258 g/mol. The van der Waals surface area contributed by atoms with Crippen molar-refractivity contribution in [2.75, 3.05) is 32.5 Å². The Balaban J connectivity index is 0.00000144. The summed E-state index contributed by atoms with van der Waals surface area (Å²) in [5.74, 6) is 0.781. The summed E-state index contributed by atoms with van der Waals surface area (Å²) in [7, 11) is 2.16. The first-order chi connectivity index (χ1) is 7.74. The minimum Gasteiger partial charge on any atom is -0.381 e. The van der Waals surface area contributed by atoms with E-state index >= 15 is 0 Å². The molecule has 4 nitrogen and oxygen atoms in total. The van der Waals surface area contributed by atoms with Crippen LogP contribution in [0.2, 0.25) is 0 Å². The second-order valence-corrected chi connectivity index (χ2v) is 5.56. The molecule has 2 rings (SSSR count). The molecule has 2 heterocycles. The molecule has 0 unspecified atom stereocenters. The van der Waals surface area contributed by atoms with Crippen molar-refractivity contribution >= 4 is 28.9 Å². The van der Waals surface area contributed by atoms with E-state index in [1.54, 1.807) is 11.3 Å². The Morgan fingerprint density at radius 1 is 1.53 bits per heavy atom. The van der Waals surface area contributed by atoms with Crippen molar-refractivity contribution in [1.29, 1.82) is 0 Å². The highest BCUT2D eigenvalue weighted by Gasteiger charge is 2.16. The van der Waals surface area contributed by atoms with Gasteiger partial charge in [0.15, 0.2) is 5.13 Å². The van der Waals surface area contributed by atoms with Crippen LogP contribution in [0.15, 0.2) is 6.20 Å². The molecule has 17 heavy (non-hydrogen) atoms. The van der Waals surface area contributed by atoms with Crippen LogP contribution in [0.5, 0.6) is 0 Å². The van der Waals surface area contributed by atoms with Crippen molar-refractivity contribution in [3.8, 4) is 0 Å². The summed E-state index contributed by atoms with van der Waals surface area (Å²) in [5, 5.41) is 0.662. The Kier molecular flexibility index (Phi) is 6.19. The fourth-order valence-corrected chi connectivity index (χ4v) is 2.86. The quantitative estimate of drug-likeness (QED) is 0.915. The average Bonchev–Trinajstić information content (AvgIpc) is 2.65. The smallest absolute Gasteiger partial charge is 0.180 e. The van der Waals surface area contributed by atoms with E-state index in [1.807, 2.05) is 6.20 Å². The summed E-state index contributed by atoms with van der Waals surface area (Å²) in [6.07, 6.45) is 4.25. The number of nitrogens with two attached hydrogens (primary N) is 1. The molecule has 0 atom stereocenters. The van der Waals surface area contributed by atoms with Gasteiger partial charge in [-0.3, -0.25) is 0 Å². The number of anilines is 1. The minimum absolute atomic E-state index is 0. The van der Waals surface area contributed by atoms with E-state index < -0.39 is 0 Å². The highest BCUT2D eigenvalue weighted by Crippen LogP contribution is 2.19. The van der Waals surface area contributed by atoms with E-state index in [-0.39, 0.29) is 12.4 Å². The number of aromatic nitrogens is 1. The summed E-state index contributed by atoms with van der Waals surface area (Å²) in [6.45, 7) is 3.94. The molecule has 1 saturated heterocycles. The molecule has 0 aliphatic carbocycles. The molecule has 0 saturated carbocycles. The van der Waals surface area contributed by atoms with Gasteiger partial charge in [0.25, 0.3) is 0 Å². The van der Waals surface area contributed by atoms with Crippen LogP contribution in [-0.4, -0.2) is 36.7 Å². The lowest BCUT2D eigenvalue weighted by Gasteiger charge is -2.26. The van der Waals surface area contributed by atoms with Gasteiger partial charge >= 0.3 is 0 Å². The molecule has 1 fully saturated rings. The molecule has 1 aliphatic rings. The second kappa shape index (κ2) is 7.16. The summed E-state index contributed by atoms with van der Waals surface area (Å²) >= 11 is 1.58. The topological polar surface area (TPSA) is 51.4 Å². The van der Waals surface area contributed by atoms with E-state index in [2.05, 4.69) is 16.9 Å². The third-order valence-electron chi connectivity index (χ3n) is 2.91. The van der Waals surface area contributed by atoms with Crippen LogP contribution < -0.4 is 5.73 Å². The van der Waals surface area contributed by atoms with Crippen LogP contribution in [0.25, 0.3) is 0 Å². The van der Waals surface area contributed by atoms with Crippen LogP contribution in [0.3, 0.4) is 0 Å². The lowest BCUT2D eigenvalue weighted by Crippen LogP contribution is -2.29. The van der Waals surface area contributed by atoms with Crippen LogP contribution in [0.1, 0.15) is 17.7 Å². The predicted molar refractivity (Wildman–Crippen MR) is 73.7 cm³/mol. The average molecular weight is 278 g/mol. The van der Waals surface area contributed by atoms with Crippen LogP contribution in [-0.2, 0) is 11.3 Å². The fraction of sp³-hybridized carbons (Fsp3) is 0.727. The highest BCUT2D eigenvalue weighted by molar-refractivity contribution is 7.15. The Bertz CT molecular complexity index is 328. The predicted octanol–water partition coefficient (Wildman–Crippen LogP) is 2.01. The van der Waals surface area contributed by atoms with Crippen molar-refractivity contribution in [3.05, 3.63) is 11.1 Å². The highest BCUT2D eigenvalue weighted by atomic mass is 35.5. The Morgan fingerprint density at radius 3 is 2.82 bits per heavy atom. The van der Waals surface area contributed by atoms with Gasteiger partial charge in [-0.1, -0.05) is 0 Å². The molecule has 0 amide bonds. The molecule has 0 radical (unpaired) electrons. The molecule has 98 valence electrons. The third-order valence-corrected chi connectivity index (χ3v) is 3.72. The molecule has 2 N–H and O–H groups in total. The molecule has 1 aromatic heterocycles. The molecule has 1 aromatic rings. The number of nitrogen functional groups attached to an aromatic ring is 1. The number of ether oxygens (including phenoxy) is 1. The van der Waals surface area contributed by atoms with Gasteiger partial charge in [-0.25, -0.2) is 4.98 Å². The number of thiazole rings is 1. The summed E-state index contributed by atoms with van der Waals surface area (Å²) in [5.41, 5.74) is 5.61. The molecule has 1 aliphatic heterocycles. The number of halogens is 1. The third kappa shape index (κ3) is 4.79. The minimum atomic E-state index is 0.